The van der Waals surface area contributed by atoms with Gasteiger partial charge in [-0.1, -0.05) is 0 Å². The summed E-state index contributed by atoms with van der Waals surface area (Å²) >= 11 is 0. The molecule has 2 saturated heterocycles. The molecule has 3 heterocycles. The molecule has 166 valence electrons. The molecule has 1 unspecified atom stereocenters. The van der Waals surface area contributed by atoms with Crippen LogP contribution in [0.15, 0.2) is 29.3 Å². The highest BCUT2D eigenvalue weighted by Crippen LogP contribution is 2.35. The van der Waals surface area contributed by atoms with Crippen LogP contribution in [0.2, 0.25) is 0 Å². The van der Waals surface area contributed by atoms with E-state index in [0.717, 1.165) is 32.4 Å². The lowest BCUT2D eigenvalue weighted by Crippen LogP contribution is -2.36. The standard InChI is InChI=1S/C22H27FN4O3S/c1-15-13-17(8-9-19(15)23)31(29,30)27-12-6-7-20(27)21-24-14-18(16(2)25-21)22(28)26-10-4-3-5-11-26/h8-9,13-14,20H,3-7,10-12H2,1-2H3. The summed E-state index contributed by atoms with van der Waals surface area (Å²) < 4.78 is 41.5. The maximum atomic E-state index is 13.6. The molecule has 2 aliphatic rings. The van der Waals surface area contributed by atoms with E-state index in [4.69, 9.17) is 0 Å². The van der Waals surface area contributed by atoms with Crippen molar-refractivity contribution in [2.45, 2.75) is 56.9 Å². The number of hydrogen-bond donors (Lipinski definition) is 0. The number of amides is 1. The summed E-state index contributed by atoms with van der Waals surface area (Å²) in [5.74, 6) is -0.112. The van der Waals surface area contributed by atoms with Crippen LogP contribution >= 0.6 is 0 Å². The monoisotopic (exact) mass is 446 g/mol. The van der Waals surface area contributed by atoms with Crippen molar-refractivity contribution in [3.05, 3.63) is 52.9 Å². The van der Waals surface area contributed by atoms with Crippen LogP contribution in [0.5, 0.6) is 0 Å². The number of aromatic nitrogens is 2. The molecule has 9 heteroatoms. The highest BCUT2D eigenvalue weighted by molar-refractivity contribution is 7.89. The van der Waals surface area contributed by atoms with Crippen molar-refractivity contribution in [1.29, 1.82) is 0 Å². The summed E-state index contributed by atoms with van der Waals surface area (Å²) in [5, 5.41) is 0. The van der Waals surface area contributed by atoms with E-state index in [0.29, 0.717) is 36.5 Å². The molecule has 1 amide bonds. The van der Waals surface area contributed by atoms with Crippen molar-refractivity contribution in [1.82, 2.24) is 19.2 Å². The minimum Gasteiger partial charge on any atom is -0.339 e. The lowest BCUT2D eigenvalue weighted by molar-refractivity contribution is 0.0722. The number of halogens is 1. The maximum Gasteiger partial charge on any atom is 0.257 e. The van der Waals surface area contributed by atoms with Crippen molar-refractivity contribution in [3.8, 4) is 0 Å². The minimum atomic E-state index is -3.82. The van der Waals surface area contributed by atoms with E-state index in [-0.39, 0.29) is 16.4 Å². The molecule has 4 rings (SSSR count). The average Bonchev–Trinajstić information content (AvgIpc) is 3.26. The molecule has 0 aliphatic carbocycles. The minimum absolute atomic E-state index is 0.0620. The molecule has 2 aliphatic heterocycles. The van der Waals surface area contributed by atoms with Gasteiger partial charge in [0.25, 0.3) is 5.91 Å². The van der Waals surface area contributed by atoms with Crippen LogP contribution in [0.25, 0.3) is 0 Å². The Kier molecular flexibility index (Phi) is 6.07. The highest BCUT2D eigenvalue weighted by atomic mass is 32.2. The summed E-state index contributed by atoms with van der Waals surface area (Å²) in [6.45, 7) is 5.14. The van der Waals surface area contributed by atoms with Gasteiger partial charge in [-0.25, -0.2) is 22.8 Å². The van der Waals surface area contributed by atoms with E-state index < -0.39 is 21.9 Å². The van der Waals surface area contributed by atoms with Crippen molar-refractivity contribution >= 4 is 15.9 Å². The zero-order valence-corrected chi connectivity index (χ0v) is 18.7. The van der Waals surface area contributed by atoms with Gasteiger partial charge in [0.05, 0.1) is 22.2 Å². The fourth-order valence-corrected chi connectivity index (χ4v) is 6.06. The molecule has 0 spiro atoms. The van der Waals surface area contributed by atoms with Crippen molar-refractivity contribution in [3.63, 3.8) is 0 Å². The number of aryl methyl sites for hydroxylation is 2. The molecular formula is C22H27FN4O3S. The predicted molar refractivity (Wildman–Crippen MR) is 114 cm³/mol. The van der Waals surface area contributed by atoms with Gasteiger partial charge in [0.1, 0.15) is 11.6 Å². The van der Waals surface area contributed by atoms with E-state index in [1.165, 1.54) is 28.7 Å². The normalized spacial score (nSPS) is 20.2. The van der Waals surface area contributed by atoms with Crippen LogP contribution in [0.4, 0.5) is 4.39 Å². The third-order valence-corrected chi connectivity index (χ3v) is 8.01. The van der Waals surface area contributed by atoms with Gasteiger partial charge in [-0.2, -0.15) is 4.31 Å². The number of hydrogen-bond acceptors (Lipinski definition) is 5. The Morgan fingerprint density at radius 2 is 1.84 bits per heavy atom. The van der Waals surface area contributed by atoms with Gasteiger partial charge in [0.15, 0.2) is 0 Å². The quantitative estimate of drug-likeness (QED) is 0.719. The van der Waals surface area contributed by atoms with Crippen molar-refractivity contribution < 1.29 is 17.6 Å². The van der Waals surface area contributed by atoms with Crippen LogP contribution in [0, 0.1) is 19.7 Å². The molecular weight excluding hydrogens is 419 g/mol. The van der Waals surface area contributed by atoms with Crippen LogP contribution in [0.1, 0.15) is 65.6 Å². The van der Waals surface area contributed by atoms with Gasteiger partial charge >= 0.3 is 0 Å². The van der Waals surface area contributed by atoms with E-state index in [1.54, 1.807) is 13.8 Å². The maximum absolute atomic E-state index is 13.6. The van der Waals surface area contributed by atoms with Crippen LogP contribution in [0.3, 0.4) is 0 Å². The van der Waals surface area contributed by atoms with Gasteiger partial charge in [-0.3, -0.25) is 4.79 Å². The Morgan fingerprint density at radius 1 is 1.10 bits per heavy atom. The molecule has 7 nitrogen and oxygen atoms in total. The summed E-state index contributed by atoms with van der Waals surface area (Å²) in [7, 11) is -3.82. The van der Waals surface area contributed by atoms with Gasteiger partial charge in [-0.15, -0.1) is 0 Å². The second kappa shape index (κ2) is 8.63. The number of sulfonamides is 1. The summed E-state index contributed by atoms with van der Waals surface area (Å²) in [5.41, 5.74) is 1.30. The highest BCUT2D eigenvalue weighted by Gasteiger charge is 2.38. The van der Waals surface area contributed by atoms with Gasteiger partial charge in [0, 0.05) is 25.8 Å². The predicted octanol–water partition coefficient (Wildman–Crippen LogP) is 3.38. The van der Waals surface area contributed by atoms with Crippen LogP contribution in [-0.4, -0.2) is 53.1 Å². The van der Waals surface area contributed by atoms with E-state index >= 15 is 0 Å². The van der Waals surface area contributed by atoms with Crippen molar-refractivity contribution in [2.75, 3.05) is 19.6 Å². The van der Waals surface area contributed by atoms with Gasteiger partial charge in [0.2, 0.25) is 10.0 Å². The molecule has 0 bridgehead atoms. The van der Waals surface area contributed by atoms with Gasteiger partial charge in [-0.05, 0) is 69.7 Å². The summed E-state index contributed by atoms with van der Waals surface area (Å²) in [6, 6.07) is 3.31. The first-order valence-corrected chi connectivity index (χ1v) is 12.1. The molecule has 1 aromatic carbocycles. The number of carbonyl (C=O) groups excluding carboxylic acids is 1. The van der Waals surface area contributed by atoms with Crippen molar-refractivity contribution in [2.24, 2.45) is 0 Å². The second-order valence-electron chi connectivity index (χ2n) is 8.26. The largest absolute Gasteiger partial charge is 0.339 e. The number of benzene rings is 1. The second-order valence-corrected chi connectivity index (χ2v) is 10.2. The fraction of sp³-hybridized carbons (Fsp3) is 0.500. The molecule has 31 heavy (non-hydrogen) atoms. The van der Waals surface area contributed by atoms with E-state index in [9.17, 15) is 17.6 Å². The number of piperidine rings is 1. The zero-order valence-electron chi connectivity index (χ0n) is 17.8. The fourth-order valence-electron chi connectivity index (χ4n) is 4.32. The molecule has 1 aromatic heterocycles. The smallest absolute Gasteiger partial charge is 0.257 e. The number of likely N-dealkylation sites (tertiary alicyclic amines) is 1. The number of nitrogens with zero attached hydrogens (tertiary/aromatic N) is 4. The Hall–Kier alpha value is -2.39. The Balaban J connectivity index is 1.60. The number of rotatable bonds is 4. The third-order valence-electron chi connectivity index (χ3n) is 6.11. The van der Waals surface area contributed by atoms with Gasteiger partial charge < -0.3 is 4.90 Å². The summed E-state index contributed by atoms with van der Waals surface area (Å²) in [6.07, 6.45) is 5.94. The van der Waals surface area contributed by atoms with Crippen LogP contribution < -0.4 is 0 Å². The molecule has 2 fully saturated rings. The van der Waals surface area contributed by atoms with E-state index in [2.05, 4.69) is 9.97 Å². The Morgan fingerprint density at radius 3 is 2.52 bits per heavy atom. The molecule has 1 atom stereocenters. The molecule has 0 radical (unpaired) electrons. The first-order chi connectivity index (χ1) is 14.8. The lowest BCUT2D eigenvalue weighted by Gasteiger charge is -2.27. The topological polar surface area (TPSA) is 83.5 Å². The third kappa shape index (κ3) is 4.21. The molecule has 2 aromatic rings. The molecule has 0 N–H and O–H groups in total. The Bertz CT molecular complexity index is 1100. The molecule has 0 saturated carbocycles. The van der Waals surface area contributed by atoms with E-state index in [1.807, 2.05) is 4.90 Å². The first-order valence-electron chi connectivity index (χ1n) is 10.7. The average molecular weight is 447 g/mol. The lowest BCUT2D eigenvalue weighted by atomic mass is 10.1. The number of carbonyl (C=O) groups is 1. The van der Waals surface area contributed by atoms with Crippen LogP contribution in [-0.2, 0) is 10.0 Å². The Labute approximate surface area is 182 Å². The first kappa shape index (κ1) is 21.8. The SMILES string of the molecule is Cc1cc(S(=O)(=O)N2CCCC2c2ncc(C(=O)N3CCCCC3)c(C)n2)ccc1F. The summed E-state index contributed by atoms with van der Waals surface area (Å²) in [4.78, 5) is 23.7. The zero-order chi connectivity index (χ0) is 22.2.